The molecule has 0 aliphatic carbocycles. The fourth-order valence-electron chi connectivity index (χ4n) is 1.79. The normalized spacial score (nSPS) is 13.0. The largest absolute Gasteiger partial charge is 0.399 e. The molecule has 1 atom stereocenters. The van der Waals surface area contributed by atoms with Crippen LogP contribution in [0.1, 0.15) is 18.5 Å². The number of hydrogen-bond acceptors (Lipinski definition) is 6. The molecule has 7 nitrogen and oxygen atoms in total. The molecule has 0 fully saturated rings. The van der Waals surface area contributed by atoms with Gasteiger partial charge in [-0.1, -0.05) is 0 Å². The number of rotatable bonds is 5. The zero-order valence-corrected chi connectivity index (χ0v) is 12.6. The molecule has 112 valence electrons. The molecule has 0 saturated heterocycles. The highest BCUT2D eigenvalue weighted by Crippen LogP contribution is 2.27. The van der Waals surface area contributed by atoms with E-state index in [-0.39, 0.29) is 5.69 Å². The van der Waals surface area contributed by atoms with Crippen molar-refractivity contribution in [1.82, 2.24) is 4.72 Å². The summed E-state index contributed by atoms with van der Waals surface area (Å²) < 4.78 is 27.1. The minimum absolute atomic E-state index is 0.131. The summed E-state index contributed by atoms with van der Waals surface area (Å²) in [5, 5.41) is 14.6. The summed E-state index contributed by atoms with van der Waals surface area (Å²) in [6.45, 7) is 1.67. The predicted molar refractivity (Wildman–Crippen MR) is 80.6 cm³/mol. The van der Waals surface area contributed by atoms with Crippen molar-refractivity contribution in [2.45, 2.75) is 17.9 Å². The molecule has 1 unspecified atom stereocenters. The lowest BCUT2D eigenvalue weighted by Crippen LogP contribution is -2.27. The Morgan fingerprint density at radius 1 is 1.38 bits per heavy atom. The third-order valence-electron chi connectivity index (χ3n) is 2.84. The van der Waals surface area contributed by atoms with Crippen LogP contribution in [0, 0.1) is 10.1 Å². The van der Waals surface area contributed by atoms with Crippen LogP contribution in [0.3, 0.4) is 0 Å². The van der Waals surface area contributed by atoms with Gasteiger partial charge in [0.25, 0.3) is 5.69 Å². The number of anilines is 1. The number of nitrogen functional groups attached to an aromatic ring is 1. The molecule has 2 aromatic rings. The van der Waals surface area contributed by atoms with Crippen LogP contribution in [-0.4, -0.2) is 13.3 Å². The van der Waals surface area contributed by atoms with E-state index in [9.17, 15) is 18.5 Å². The molecule has 0 spiro atoms. The van der Waals surface area contributed by atoms with Crippen molar-refractivity contribution in [2.24, 2.45) is 0 Å². The molecule has 1 heterocycles. The number of nitrogens with two attached hydrogens (primary N) is 1. The van der Waals surface area contributed by atoms with Crippen molar-refractivity contribution >= 4 is 32.7 Å². The maximum atomic E-state index is 12.3. The first-order valence-corrected chi connectivity index (χ1v) is 8.32. The number of nitro benzene ring substituents is 1. The molecule has 0 radical (unpaired) electrons. The Labute approximate surface area is 125 Å². The minimum atomic E-state index is -4.02. The van der Waals surface area contributed by atoms with E-state index >= 15 is 0 Å². The highest BCUT2D eigenvalue weighted by atomic mass is 32.2. The van der Waals surface area contributed by atoms with Gasteiger partial charge in [-0.15, -0.1) is 0 Å². The lowest BCUT2D eigenvalue weighted by molar-refractivity contribution is -0.387. The molecule has 0 aliphatic rings. The van der Waals surface area contributed by atoms with Gasteiger partial charge in [-0.05, 0) is 41.4 Å². The molecule has 9 heteroatoms. The Kier molecular flexibility index (Phi) is 4.26. The van der Waals surface area contributed by atoms with Crippen LogP contribution in [0.2, 0.25) is 0 Å². The average molecular weight is 327 g/mol. The Hall–Kier alpha value is -1.97. The highest BCUT2D eigenvalue weighted by molar-refractivity contribution is 7.89. The van der Waals surface area contributed by atoms with Crippen molar-refractivity contribution in [3.05, 3.63) is 50.7 Å². The van der Waals surface area contributed by atoms with Gasteiger partial charge in [-0.2, -0.15) is 11.3 Å². The van der Waals surface area contributed by atoms with E-state index in [1.165, 1.54) is 17.4 Å². The lowest BCUT2D eigenvalue weighted by Gasteiger charge is -2.13. The van der Waals surface area contributed by atoms with E-state index < -0.39 is 31.6 Å². The molecule has 0 bridgehead atoms. The molecular weight excluding hydrogens is 314 g/mol. The fourth-order valence-corrected chi connectivity index (χ4v) is 3.93. The van der Waals surface area contributed by atoms with Gasteiger partial charge in [-0.3, -0.25) is 10.1 Å². The Bertz CT molecular complexity index is 757. The lowest BCUT2D eigenvalue weighted by atomic mass is 10.2. The van der Waals surface area contributed by atoms with Gasteiger partial charge >= 0.3 is 0 Å². The average Bonchev–Trinajstić information content (AvgIpc) is 2.91. The van der Waals surface area contributed by atoms with Gasteiger partial charge in [0.2, 0.25) is 10.0 Å². The summed E-state index contributed by atoms with van der Waals surface area (Å²) in [5.41, 5.74) is 5.85. The zero-order valence-electron chi connectivity index (χ0n) is 11.0. The van der Waals surface area contributed by atoms with Crippen LogP contribution in [0.15, 0.2) is 39.9 Å². The maximum absolute atomic E-state index is 12.3. The van der Waals surface area contributed by atoms with E-state index in [0.717, 1.165) is 17.7 Å². The second-order valence-corrected chi connectivity index (χ2v) is 6.85. The van der Waals surface area contributed by atoms with Crippen LogP contribution in [-0.2, 0) is 10.0 Å². The molecule has 1 aromatic carbocycles. The molecule has 21 heavy (non-hydrogen) atoms. The van der Waals surface area contributed by atoms with Gasteiger partial charge in [-0.25, -0.2) is 13.1 Å². The summed E-state index contributed by atoms with van der Waals surface area (Å²) in [4.78, 5) is 9.83. The van der Waals surface area contributed by atoms with E-state index in [0.29, 0.717) is 0 Å². The number of nitro groups is 1. The highest BCUT2D eigenvalue weighted by Gasteiger charge is 2.27. The van der Waals surface area contributed by atoms with Crippen molar-refractivity contribution in [3.8, 4) is 0 Å². The third-order valence-corrected chi connectivity index (χ3v) is 5.13. The molecule has 0 saturated carbocycles. The summed E-state index contributed by atoms with van der Waals surface area (Å²) in [6.07, 6.45) is 0. The van der Waals surface area contributed by atoms with E-state index in [4.69, 9.17) is 5.73 Å². The van der Waals surface area contributed by atoms with Gasteiger partial charge in [0.05, 0.1) is 4.92 Å². The van der Waals surface area contributed by atoms with Crippen molar-refractivity contribution in [3.63, 3.8) is 0 Å². The summed E-state index contributed by atoms with van der Waals surface area (Å²) >= 11 is 1.44. The maximum Gasteiger partial charge on any atom is 0.291 e. The van der Waals surface area contributed by atoms with Crippen LogP contribution < -0.4 is 10.5 Å². The molecule has 0 amide bonds. The molecule has 2 rings (SSSR count). The van der Waals surface area contributed by atoms with Crippen LogP contribution in [0.4, 0.5) is 11.4 Å². The van der Waals surface area contributed by atoms with Crippen LogP contribution >= 0.6 is 11.3 Å². The van der Waals surface area contributed by atoms with Crippen LogP contribution in [0.25, 0.3) is 0 Å². The standard InChI is InChI=1S/C12H13N3O4S2/c1-8(9-4-5-20-7-9)14-21(18,19)12-3-2-10(13)6-11(12)15(16)17/h2-8,14H,13H2,1H3. The Morgan fingerprint density at radius 2 is 2.10 bits per heavy atom. The number of hydrogen-bond donors (Lipinski definition) is 2. The zero-order chi connectivity index (χ0) is 15.6. The SMILES string of the molecule is CC(NS(=O)(=O)c1ccc(N)cc1[N+](=O)[O-])c1ccsc1. The molecule has 0 aliphatic heterocycles. The number of nitrogens with one attached hydrogen (secondary N) is 1. The number of sulfonamides is 1. The minimum Gasteiger partial charge on any atom is -0.399 e. The van der Waals surface area contributed by atoms with E-state index in [1.54, 1.807) is 13.0 Å². The van der Waals surface area contributed by atoms with Gasteiger partial charge < -0.3 is 5.73 Å². The van der Waals surface area contributed by atoms with Crippen LogP contribution in [0.5, 0.6) is 0 Å². The fraction of sp³-hybridized carbons (Fsp3) is 0.167. The molecule has 1 aromatic heterocycles. The van der Waals surface area contributed by atoms with Gasteiger partial charge in [0.15, 0.2) is 4.90 Å². The second-order valence-electron chi connectivity index (χ2n) is 4.38. The topological polar surface area (TPSA) is 115 Å². The summed E-state index contributed by atoms with van der Waals surface area (Å²) in [5.74, 6) is 0. The first-order valence-electron chi connectivity index (χ1n) is 5.89. The third kappa shape index (κ3) is 3.38. The number of benzene rings is 1. The predicted octanol–water partition coefficient (Wildman–Crippen LogP) is 2.28. The first kappa shape index (κ1) is 15.4. The number of thiophene rings is 1. The molecular formula is C12H13N3O4S2. The molecule has 3 N–H and O–H groups in total. The van der Waals surface area contributed by atoms with Crippen molar-refractivity contribution < 1.29 is 13.3 Å². The van der Waals surface area contributed by atoms with Gasteiger partial charge in [0, 0.05) is 17.8 Å². The summed E-state index contributed by atoms with van der Waals surface area (Å²) in [6, 6.07) is 4.78. The monoisotopic (exact) mass is 327 g/mol. The number of nitrogens with zero attached hydrogens (tertiary/aromatic N) is 1. The quantitative estimate of drug-likeness (QED) is 0.496. The van der Waals surface area contributed by atoms with Crippen molar-refractivity contribution in [1.29, 1.82) is 0 Å². The summed E-state index contributed by atoms with van der Waals surface area (Å²) in [7, 11) is -4.02. The Balaban J connectivity index is 2.38. The Morgan fingerprint density at radius 3 is 2.67 bits per heavy atom. The smallest absolute Gasteiger partial charge is 0.291 e. The van der Waals surface area contributed by atoms with Gasteiger partial charge in [0.1, 0.15) is 0 Å². The van der Waals surface area contributed by atoms with Crippen molar-refractivity contribution in [2.75, 3.05) is 5.73 Å². The van der Waals surface area contributed by atoms with E-state index in [2.05, 4.69) is 4.72 Å². The van der Waals surface area contributed by atoms with E-state index in [1.807, 2.05) is 10.8 Å². The first-order chi connectivity index (χ1) is 9.81. The second kappa shape index (κ2) is 5.80.